The van der Waals surface area contributed by atoms with E-state index in [4.69, 9.17) is 0 Å². The summed E-state index contributed by atoms with van der Waals surface area (Å²) in [5, 5.41) is 2.82. The number of benzene rings is 1. The summed E-state index contributed by atoms with van der Waals surface area (Å²) in [5.74, 6) is 0.685. The van der Waals surface area contributed by atoms with Crippen LogP contribution in [0.5, 0.6) is 0 Å². The highest BCUT2D eigenvalue weighted by Gasteiger charge is 2.22. The quantitative estimate of drug-likeness (QED) is 0.856. The van der Waals surface area contributed by atoms with Crippen molar-refractivity contribution in [3.05, 3.63) is 35.9 Å². The van der Waals surface area contributed by atoms with Crippen LogP contribution in [0.1, 0.15) is 25.3 Å². The molecule has 0 unspecified atom stereocenters. The maximum atomic E-state index is 12.1. The van der Waals surface area contributed by atoms with Gasteiger partial charge in [0.15, 0.2) is 0 Å². The fraction of sp³-hybridized carbons (Fsp3) is 0.500. The third-order valence-electron chi connectivity index (χ3n) is 3.84. The molecule has 0 aromatic heterocycles. The maximum Gasteiger partial charge on any atom is 0.317 e. The van der Waals surface area contributed by atoms with Crippen LogP contribution in [-0.4, -0.2) is 36.3 Å². The van der Waals surface area contributed by atoms with Crippen molar-refractivity contribution in [2.75, 3.05) is 13.1 Å². The van der Waals surface area contributed by atoms with Crippen LogP contribution in [0.4, 0.5) is 4.79 Å². The van der Waals surface area contributed by atoms with Gasteiger partial charge in [-0.25, -0.2) is 4.79 Å². The molecule has 4 nitrogen and oxygen atoms in total. The molecule has 1 aliphatic heterocycles. The van der Waals surface area contributed by atoms with Gasteiger partial charge >= 0.3 is 6.03 Å². The molecule has 0 spiro atoms. The molecule has 1 fully saturated rings. The van der Waals surface area contributed by atoms with Crippen LogP contribution in [0.3, 0.4) is 0 Å². The van der Waals surface area contributed by atoms with Gasteiger partial charge < -0.3 is 15.0 Å². The fourth-order valence-electron chi connectivity index (χ4n) is 2.46. The molecule has 1 atom stereocenters. The van der Waals surface area contributed by atoms with Crippen LogP contribution in [-0.2, 0) is 11.2 Å². The molecule has 0 saturated carbocycles. The zero-order chi connectivity index (χ0) is 14.4. The van der Waals surface area contributed by atoms with E-state index in [1.807, 2.05) is 35.2 Å². The number of nitrogens with zero attached hydrogens (tertiary/aromatic N) is 1. The standard InChI is InChI=1S/C16H22N2O2/c1-13-7-9-18(10-8-13)16(20)17-15(12-19)11-14-5-3-2-4-6-14/h2-6,12-13,15H,7-11H2,1H3,(H,17,20)/t15-/m0/s1. The van der Waals surface area contributed by atoms with E-state index in [2.05, 4.69) is 12.2 Å². The van der Waals surface area contributed by atoms with Gasteiger partial charge in [-0.1, -0.05) is 37.3 Å². The molecule has 0 radical (unpaired) electrons. The first-order valence-corrected chi connectivity index (χ1v) is 7.23. The third kappa shape index (κ3) is 4.08. The van der Waals surface area contributed by atoms with Crippen LogP contribution < -0.4 is 5.32 Å². The van der Waals surface area contributed by atoms with Gasteiger partial charge in [0.05, 0.1) is 6.04 Å². The summed E-state index contributed by atoms with van der Waals surface area (Å²) in [6.07, 6.45) is 3.44. The molecule has 1 aromatic carbocycles. The largest absolute Gasteiger partial charge is 0.328 e. The molecular weight excluding hydrogens is 252 g/mol. The lowest BCUT2D eigenvalue weighted by Gasteiger charge is -2.31. The molecule has 0 aliphatic carbocycles. The fourth-order valence-corrected chi connectivity index (χ4v) is 2.46. The van der Waals surface area contributed by atoms with Crippen molar-refractivity contribution in [3.63, 3.8) is 0 Å². The molecule has 1 aliphatic rings. The SMILES string of the molecule is CC1CCN(C(=O)N[C@H](C=O)Cc2ccccc2)CC1. The first kappa shape index (κ1) is 14.6. The van der Waals surface area contributed by atoms with Crippen molar-refractivity contribution in [2.45, 2.75) is 32.2 Å². The molecule has 1 aromatic rings. The van der Waals surface area contributed by atoms with E-state index < -0.39 is 6.04 Å². The van der Waals surface area contributed by atoms with Crippen molar-refractivity contribution in [1.82, 2.24) is 10.2 Å². The van der Waals surface area contributed by atoms with Gasteiger partial charge in [0, 0.05) is 13.1 Å². The molecular formula is C16H22N2O2. The highest BCUT2D eigenvalue weighted by atomic mass is 16.2. The van der Waals surface area contributed by atoms with Gasteiger partial charge in [-0.05, 0) is 30.7 Å². The van der Waals surface area contributed by atoms with Gasteiger partial charge in [-0.15, -0.1) is 0 Å². The number of aldehydes is 1. The van der Waals surface area contributed by atoms with Gasteiger partial charge in [-0.3, -0.25) is 0 Å². The van der Waals surface area contributed by atoms with E-state index >= 15 is 0 Å². The highest BCUT2D eigenvalue weighted by Crippen LogP contribution is 2.16. The summed E-state index contributed by atoms with van der Waals surface area (Å²) in [5.41, 5.74) is 1.05. The number of carbonyl (C=O) groups is 2. The zero-order valence-corrected chi connectivity index (χ0v) is 11.9. The predicted molar refractivity (Wildman–Crippen MR) is 78.5 cm³/mol. The van der Waals surface area contributed by atoms with E-state index in [0.717, 1.165) is 37.8 Å². The molecule has 1 saturated heterocycles. The Bertz CT molecular complexity index is 439. The Morgan fingerprint density at radius 2 is 2.00 bits per heavy atom. The molecule has 20 heavy (non-hydrogen) atoms. The van der Waals surface area contributed by atoms with Crippen molar-refractivity contribution >= 4 is 12.3 Å². The number of hydrogen-bond acceptors (Lipinski definition) is 2. The van der Waals surface area contributed by atoms with Crippen molar-refractivity contribution in [2.24, 2.45) is 5.92 Å². The van der Waals surface area contributed by atoms with E-state index in [-0.39, 0.29) is 6.03 Å². The maximum absolute atomic E-state index is 12.1. The van der Waals surface area contributed by atoms with Crippen LogP contribution in [0.15, 0.2) is 30.3 Å². The second kappa shape index (κ2) is 7.08. The summed E-state index contributed by atoms with van der Waals surface area (Å²) < 4.78 is 0. The average molecular weight is 274 g/mol. The van der Waals surface area contributed by atoms with Gasteiger partial charge in [0.2, 0.25) is 0 Å². The third-order valence-corrected chi connectivity index (χ3v) is 3.84. The number of amides is 2. The lowest BCUT2D eigenvalue weighted by atomic mass is 9.99. The topological polar surface area (TPSA) is 49.4 Å². The first-order valence-electron chi connectivity index (χ1n) is 7.23. The minimum atomic E-state index is -0.454. The van der Waals surface area contributed by atoms with E-state index in [0.29, 0.717) is 12.3 Å². The van der Waals surface area contributed by atoms with Crippen molar-refractivity contribution < 1.29 is 9.59 Å². The average Bonchev–Trinajstić information content (AvgIpc) is 2.48. The van der Waals surface area contributed by atoms with Crippen LogP contribution in [0.2, 0.25) is 0 Å². The number of piperidine rings is 1. The Balaban J connectivity index is 1.86. The molecule has 2 rings (SSSR count). The van der Waals surface area contributed by atoms with Gasteiger partial charge in [-0.2, -0.15) is 0 Å². The second-order valence-corrected chi connectivity index (χ2v) is 5.55. The number of rotatable bonds is 4. The number of nitrogens with one attached hydrogen (secondary N) is 1. The minimum Gasteiger partial charge on any atom is -0.328 e. The summed E-state index contributed by atoms with van der Waals surface area (Å²) in [6, 6.07) is 9.16. The van der Waals surface area contributed by atoms with Crippen LogP contribution >= 0.6 is 0 Å². The summed E-state index contributed by atoms with van der Waals surface area (Å²) >= 11 is 0. The first-order chi connectivity index (χ1) is 9.69. The Kier molecular flexibility index (Phi) is 5.16. The number of hydrogen-bond donors (Lipinski definition) is 1. The molecule has 0 bridgehead atoms. The van der Waals surface area contributed by atoms with Crippen LogP contribution in [0, 0.1) is 5.92 Å². The summed E-state index contributed by atoms with van der Waals surface area (Å²) in [7, 11) is 0. The number of carbonyl (C=O) groups excluding carboxylic acids is 2. The smallest absolute Gasteiger partial charge is 0.317 e. The van der Waals surface area contributed by atoms with Crippen LogP contribution in [0.25, 0.3) is 0 Å². The Morgan fingerprint density at radius 3 is 2.60 bits per heavy atom. The van der Waals surface area contributed by atoms with E-state index in [1.165, 1.54) is 0 Å². The predicted octanol–water partition coefficient (Wildman–Crippen LogP) is 2.24. The number of urea groups is 1. The monoisotopic (exact) mass is 274 g/mol. The minimum absolute atomic E-state index is 0.120. The highest BCUT2D eigenvalue weighted by molar-refractivity contribution is 5.78. The lowest BCUT2D eigenvalue weighted by Crippen LogP contribution is -2.48. The molecule has 1 N–H and O–H groups in total. The van der Waals surface area contributed by atoms with E-state index in [1.54, 1.807) is 0 Å². The normalized spacial score (nSPS) is 17.6. The van der Waals surface area contributed by atoms with Crippen molar-refractivity contribution in [1.29, 1.82) is 0 Å². The van der Waals surface area contributed by atoms with Gasteiger partial charge in [0.25, 0.3) is 0 Å². The van der Waals surface area contributed by atoms with E-state index in [9.17, 15) is 9.59 Å². The van der Waals surface area contributed by atoms with Gasteiger partial charge in [0.1, 0.15) is 6.29 Å². The van der Waals surface area contributed by atoms with Crippen molar-refractivity contribution in [3.8, 4) is 0 Å². The molecule has 4 heteroatoms. The molecule has 2 amide bonds. The summed E-state index contributed by atoms with van der Waals surface area (Å²) in [6.45, 7) is 3.77. The Hall–Kier alpha value is -1.84. The summed E-state index contributed by atoms with van der Waals surface area (Å²) in [4.78, 5) is 25.1. The lowest BCUT2D eigenvalue weighted by molar-refractivity contribution is -0.109. The Labute approximate surface area is 120 Å². The zero-order valence-electron chi connectivity index (χ0n) is 11.9. The number of likely N-dealkylation sites (tertiary alicyclic amines) is 1. The second-order valence-electron chi connectivity index (χ2n) is 5.55. The molecule has 1 heterocycles. The Morgan fingerprint density at radius 1 is 1.35 bits per heavy atom. The molecule has 108 valence electrons.